The average Bonchev–Trinajstić information content (AvgIpc) is 2.69. The molecule has 0 fully saturated rings. The molecular weight excluding hydrogens is 392 g/mol. The molecule has 0 spiro atoms. The van der Waals surface area contributed by atoms with E-state index in [1.165, 1.54) is 16.4 Å². The average molecular weight is 417 g/mol. The third-order valence-corrected chi connectivity index (χ3v) is 7.11. The van der Waals surface area contributed by atoms with Gasteiger partial charge in [-0.3, -0.25) is 9.59 Å². The first-order valence-corrected chi connectivity index (χ1v) is 10.8. The molecule has 0 aromatic heterocycles. The Balaban J connectivity index is 1.81. The molecule has 0 saturated heterocycles. The third-order valence-electron chi connectivity index (χ3n) is 5.05. The van der Waals surface area contributed by atoms with Gasteiger partial charge in [0.15, 0.2) is 0 Å². The second-order valence-electron chi connectivity index (χ2n) is 6.95. The van der Waals surface area contributed by atoms with E-state index in [2.05, 4.69) is 10.3 Å². The van der Waals surface area contributed by atoms with Crippen LogP contribution in [0.3, 0.4) is 0 Å². The highest BCUT2D eigenvalue weighted by Gasteiger charge is 2.45. The summed E-state index contributed by atoms with van der Waals surface area (Å²) < 4.78 is 26.5. The SMILES string of the molecule is CCN(CC)S(=O)(=O)c1ccc(NC(=O)C2(C)CC(=O)N=C3C=CC=CN32)cc1. The van der Waals surface area contributed by atoms with E-state index in [1.54, 1.807) is 62.2 Å². The molecule has 29 heavy (non-hydrogen) atoms. The Hall–Kier alpha value is -2.78. The molecule has 2 heterocycles. The molecule has 9 heteroatoms. The van der Waals surface area contributed by atoms with E-state index in [9.17, 15) is 18.0 Å². The van der Waals surface area contributed by atoms with Crippen LogP contribution in [0.25, 0.3) is 0 Å². The molecular formula is C20H24N4O4S. The van der Waals surface area contributed by atoms with Gasteiger partial charge in [-0.15, -0.1) is 0 Å². The van der Waals surface area contributed by atoms with Crippen LogP contribution >= 0.6 is 0 Å². The maximum Gasteiger partial charge on any atom is 0.250 e. The zero-order chi connectivity index (χ0) is 21.2. The summed E-state index contributed by atoms with van der Waals surface area (Å²) in [5, 5.41) is 2.79. The molecule has 2 aliphatic rings. The van der Waals surface area contributed by atoms with Gasteiger partial charge in [-0.25, -0.2) is 8.42 Å². The van der Waals surface area contributed by atoms with Crippen LogP contribution < -0.4 is 5.32 Å². The number of anilines is 1. The molecule has 2 amide bonds. The predicted octanol–water partition coefficient (Wildman–Crippen LogP) is 2.13. The Morgan fingerprint density at radius 3 is 2.48 bits per heavy atom. The van der Waals surface area contributed by atoms with Gasteiger partial charge in [-0.2, -0.15) is 9.30 Å². The number of nitrogens with zero attached hydrogens (tertiary/aromatic N) is 3. The molecule has 1 aromatic rings. The van der Waals surface area contributed by atoms with E-state index >= 15 is 0 Å². The van der Waals surface area contributed by atoms with Gasteiger partial charge in [-0.05, 0) is 43.3 Å². The highest BCUT2D eigenvalue weighted by atomic mass is 32.2. The fourth-order valence-corrected chi connectivity index (χ4v) is 4.83. The number of nitrogens with one attached hydrogen (secondary N) is 1. The number of benzene rings is 1. The van der Waals surface area contributed by atoms with Crippen molar-refractivity contribution in [2.24, 2.45) is 4.99 Å². The lowest BCUT2D eigenvalue weighted by Gasteiger charge is -2.41. The van der Waals surface area contributed by atoms with Crippen LogP contribution in [0.5, 0.6) is 0 Å². The van der Waals surface area contributed by atoms with Crippen molar-refractivity contribution in [1.29, 1.82) is 0 Å². The van der Waals surface area contributed by atoms with Gasteiger partial charge in [0.2, 0.25) is 10.0 Å². The van der Waals surface area contributed by atoms with Crippen LogP contribution in [0.2, 0.25) is 0 Å². The number of carbonyl (C=O) groups excluding carboxylic acids is 2. The van der Waals surface area contributed by atoms with E-state index in [4.69, 9.17) is 0 Å². The van der Waals surface area contributed by atoms with Crippen LogP contribution in [-0.4, -0.2) is 53.9 Å². The minimum absolute atomic E-state index is 0.0606. The van der Waals surface area contributed by atoms with Crippen molar-refractivity contribution < 1.29 is 18.0 Å². The number of rotatable bonds is 6. The minimum atomic E-state index is -3.57. The summed E-state index contributed by atoms with van der Waals surface area (Å²) in [4.78, 5) is 30.9. The van der Waals surface area contributed by atoms with Crippen molar-refractivity contribution >= 4 is 33.4 Å². The van der Waals surface area contributed by atoms with Gasteiger partial charge in [-0.1, -0.05) is 19.9 Å². The van der Waals surface area contributed by atoms with Gasteiger partial charge in [0.1, 0.15) is 11.4 Å². The summed E-state index contributed by atoms with van der Waals surface area (Å²) in [6, 6.07) is 6.02. The number of hydrogen-bond acceptors (Lipinski definition) is 5. The molecule has 154 valence electrons. The van der Waals surface area contributed by atoms with Gasteiger partial charge >= 0.3 is 0 Å². The minimum Gasteiger partial charge on any atom is -0.324 e. The molecule has 8 nitrogen and oxygen atoms in total. The Bertz CT molecular complexity index is 1010. The summed E-state index contributed by atoms with van der Waals surface area (Å²) >= 11 is 0. The number of hydrogen-bond donors (Lipinski definition) is 1. The van der Waals surface area contributed by atoms with Crippen molar-refractivity contribution in [2.75, 3.05) is 18.4 Å². The Morgan fingerprint density at radius 2 is 1.86 bits per heavy atom. The zero-order valence-electron chi connectivity index (χ0n) is 16.6. The summed E-state index contributed by atoms with van der Waals surface area (Å²) in [6.07, 6.45) is 6.85. The number of carbonyl (C=O) groups is 2. The van der Waals surface area contributed by atoms with Gasteiger partial charge in [0.25, 0.3) is 11.8 Å². The Morgan fingerprint density at radius 1 is 1.21 bits per heavy atom. The standard InChI is InChI=1S/C20H24N4O4S/c1-4-23(5-2)29(27,28)16-11-9-15(10-12-16)21-19(26)20(3)14-18(25)22-17-8-6-7-13-24(17)20/h6-13H,4-5,14H2,1-3H3,(H,21,26). The molecule has 0 saturated carbocycles. The molecule has 3 rings (SSSR count). The third kappa shape index (κ3) is 3.88. The van der Waals surface area contributed by atoms with Gasteiger partial charge in [0, 0.05) is 25.0 Å². The lowest BCUT2D eigenvalue weighted by Crippen LogP contribution is -2.58. The van der Waals surface area contributed by atoms with Crippen LogP contribution in [0.15, 0.2) is 58.6 Å². The normalized spacial score (nSPS) is 21.2. The Labute approximate surface area is 170 Å². The lowest BCUT2D eigenvalue weighted by molar-refractivity contribution is -0.130. The summed E-state index contributed by atoms with van der Waals surface area (Å²) in [7, 11) is -3.57. The number of aliphatic imine (C=N–C) groups is 1. The van der Waals surface area contributed by atoms with E-state index in [0.717, 1.165) is 0 Å². The molecule has 1 atom stereocenters. The van der Waals surface area contributed by atoms with Gasteiger partial charge < -0.3 is 10.2 Å². The molecule has 0 aliphatic carbocycles. The first-order chi connectivity index (χ1) is 13.7. The van der Waals surface area contributed by atoms with E-state index < -0.39 is 15.6 Å². The molecule has 0 radical (unpaired) electrons. The first kappa shape index (κ1) is 20.9. The number of amidine groups is 1. The number of sulfonamides is 1. The highest BCUT2D eigenvalue weighted by Crippen LogP contribution is 2.29. The number of amides is 2. The second kappa shape index (κ2) is 7.92. The number of allylic oxidation sites excluding steroid dienone is 2. The quantitative estimate of drug-likeness (QED) is 0.766. The fraction of sp³-hybridized carbons (Fsp3) is 0.350. The zero-order valence-corrected chi connectivity index (χ0v) is 17.4. The van der Waals surface area contributed by atoms with E-state index in [1.807, 2.05) is 0 Å². The van der Waals surface area contributed by atoms with Crippen molar-refractivity contribution in [2.45, 2.75) is 37.6 Å². The second-order valence-corrected chi connectivity index (χ2v) is 8.89. The molecule has 2 aliphatic heterocycles. The highest BCUT2D eigenvalue weighted by molar-refractivity contribution is 7.89. The first-order valence-electron chi connectivity index (χ1n) is 9.39. The van der Waals surface area contributed by atoms with Crippen LogP contribution in [0.1, 0.15) is 27.2 Å². The van der Waals surface area contributed by atoms with Gasteiger partial charge in [0.05, 0.1) is 11.3 Å². The maximum atomic E-state index is 13.0. The van der Waals surface area contributed by atoms with Crippen LogP contribution in [-0.2, 0) is 19.6 Å². The Kier molecular flexibility index (Phi) is 5.72. The number of fused-ring (bicyclic) bond motifs is 1. The topological polar surface area (TPSA) is 99.2 Å². The largest absolute Gasteiger partial charge is 0.324 e. The smallest absolute Gasteiger partial charge is 0.250 e. The van der Waals surface area contributed by atoms with Crippen molar-refractivity contribution in [3.63, 3.8) is 0 Å². The summed E-state index contributed by atoms with van der Waals surface area (Å²) in [5.74, 6) is -0.325. The summed E-state index contributed by atoms with van der Waals surface area (Å²) in [5.41, 5.74) is -0.691. The van der Waals surface area contributed by atoms with Crippen molar-refractivity contribution in [3.05, 3.63) is 48.7 Å². The lowest BCUT2D eigenvalue weighted by atomic mass is 9.91. The molecule has 1 unspecified atom stereocenters. The molecule has 1 N–H and O–H groups in total. The summed E-state index contributed by atoms with van der Waals surface area (Å²) in [6.45, 7) is 6.00. The van der Waals surface area contributed by atoms with Crippen molar-refractivity contribution in [3.8, 4) is 0 Å². The van der Waals surface area contributed by atoms with Crippen LogP contribution in [0.4, 0.5) is 5.69 Å². The molecule has 0 bridgehead atoms. The van der Waals surface area contributed by atoms with E-state index in [-0.39, 0.29) is 23.1 Å². The van der Waals surface area contributed by atoms with Crippen molar-refractivity contribution in [1.82, 2.24) is 9.21 Å². The molecule has 1 aromatic carbocycles. The fourth-order valence-electron chi connectivity index (χ4n) is 3.37. The monoisotopic (exact) mass is 416 g/mol. The predicted molar refractivity (Wildman–Crippen MR) is 111 cm³/mol. The maximum absolute atomic E-state index is 13.0. The van der Waals surface area contributed by atoms with E-state index in [0.29, 0.717) is 24.6 Å². The van der Waals surface area contributed by atoms with Crippen LogP contribution in [0, 0.1) is 0 Å².